The van der Waals surface area contributed by atoms with Gasteiger partial charge in [0.2, 0.25) is 0 Å². The van der Waals surface area contributed by atoms with Gasteiger partial charge in [-0.05, 0) is 27.7 Å². The van der Waals surface area contributed by atoms with Crippen LogP contribution in [0.4, 0.5) is 0 Å². The Balaban J connectivity index is 4.50. The first-order chi connectivity index (χ1) is 7.51. The van der Waals surface area contributed by atoms with E-state index >= 15 is 0 Å². The van der Waals surface area contributed by atoms with Gasteiger partial charge in [0.05, 0.1) is 12.2 Å². The lowest BCUT2D eigenvalue weighted by Crippen LogP contribution is -2.23. The molecule has 0 aliphatic carbocycles. The van der Waals surface area contributed by atoms with E-state index in [4.69, 9.17) is 9.05 Å². The Bertz CT molecular complexity index is 187. The molecule has 94 valence electrons. The second-order valence-corrected chi connectivity index (χ2v) is 5.46. The van der Waals surface area contributed by atoms with Crippen LogP contribution >= 0.6 is 8.53 Å². The molecule has 4 heteroatoms. The predicted octanol–water partition coefficient (Wildman–Crippen LogP) is 3.74. The molecule has 0 atom stereocenters. The molecule has 0 aromatic carbocycles. The van der Waals surface area contributed by atoms with Crippen molar-refractivity contribution in [2.45, 2.75) is 39.9 Å². The first-order valence-corrected chi connectivity index (χ1v) is 6.74. The van der Waals surface area contributed by atoms with Crippen molar-refractivity contribution in [3.8, 4) is 0 Å². The van der Waals surface area contributed by atoms with Crippen LogP contribution in [0.5, 0.6) is 0 Å². The predicted molar refractivity (Wildman–Crippen MR) is 71.3 cm³/mol. The van der Waals surface area contributed by atoms with Crippen LogP contribution in [0.1, 0.15) is 27.7 Å². The number of hydrogen-bond donors (Lipinski definition) is 0. The van der Waals surface area contributed by atoms with Gasteiger partial charge in [0, 0.05) is 13.1 Å². The third-order valence-electron chi connectivity index (χ3n) is 1.51. The van der Waals surface area contributed by atoms with Crippen LogP contribution in [-0.2, 0) is 9.05 Å². The van der Waals surface area contributed by atoms with E-state index in [1.54, 1.807) is 0 Å². The summed E-state index contributed by atoms with van der Waals surface area (Å²) in [7, 11) is -1.02. The van der Waals surface area contributed by atoms with Crippen LogP contribution in [0, 0.1) is 0 Å². The number of rotatable bonds is 9. The van der Waals surface area contributed by atoms with E-state index in [-0.39, 0.29) is 12.2 Å². The fraction of sp³-hybridized carbons (Fsp3) is 0.667. The fourth-order valence-corrected chi connectivity index (χ4v) is 2.56. The summed E-state index contributed by atoms with van der Waals surface area (Å²) in [6.45, 7) is 17.0. The number of nitrogens with zero attached hydrogens (tertiary/aromatic N) is 1. The third kappa shape index (κ3) is 7.13. The first kappa shape index (κ1) is 15.8. The van der Waals surface area contributed by atoms with E-state index in [9.17, 15) is 0 Å². The molecule has 0 fully saturated rings. The molecule has 0 saturated heterocycles. The van der Waals surface area contributed by atoms with E-state index in [0.717, 1.165) is 13.1 Å². The maximum absolute atomic E-state index is 5.80. The zero-order valence-electron chi connectivity index (χ0n) is 10.8. The van der Waals surface area contributed by atoms with Crippen LogP contribution in [0.15, 0.2) is 25.3 Å². The Hall–Kier alpha value is -0.210. The second-order valence-electron chi connectivity index (χ2n) is 4.00. The van der Waals surface area contributed by atoms with Crippen molar-refractivity contribution in [1.82, 2.24) is 4.67 Å². The molecule has 0 rings (SSSR count). The molecule has 0 N–H and O–H groups in total. The van der Waals surface area contributed by atoms with Crippen LogP contribution in [0.2, 0.25) is 0 Å². The summed E-state index contributed by atoms with van der Waals surface area (Å²) in [6.07, 6.45) is 4.02. The largest absolute Gasteiger partial charge is 0.319 e. The van der Waals surface area contributed by atoms with Crippen LogP contribution in [0.25, 0.3) is 0 Å². The van der Waals surface area contributed by atoms with Crippen molar-refractivity contribution >= 4 is 8.53 Å². The second kappa shape index (κ2) is 8.89. The summed E-state index contributed by atoms with van der Waals surface area (Å²) in [6, 6.07) is 0. The molecule has 0 saturated carbocycles. The van der Waals surface area contributed by atoms with Crippen molar-refractivity contribution in [2.24, 2.45) is 0 Å². The highest BCUT2D eigenvalue weighted by Crippen LogP contribution is 2.44. The Morgan fingerprint density at radius 2 is 1.38 bits per heavy atom. The van der Waals surface area contributed by atoms with Crippen molar-refractivity contribution in [1.29, 1.82) is 0 Å². The minimum absolute atomic E-state index is 0.155. The lowest BCUT2D eigenvalue weighted by Gasteiger charge is -2.30. The smallest absolute Gasteiger partial charge is 0.259 e. The molecule has 0 radical (unpaired) electrons. The molecule has 0 heterocycles. The van der Waals surface area contributed by atoms with Gasteiger partial charge in [-0.1, -0.05) is 12.2 Å². The van der Waals surface area contributed by atoms with Gasteiger partial charge >= 0.3 is 0 Å². The van der Waals surface area contributed by atoms with E-state index in [0.29, 0.717) is 0 Å². The highest BCUT2D eigenvalue weighted by Gasteiger charge is 2.22. The average molecular weight is 245 g/mol. The normalized spacial score (nSPS) is 11.8. The topological polar surface area (TPSA) is 21.7 Å². The highest BCUT2D eigenvalue weighted by atomic mass is 31.2. The molecule has 0 spiro atoms. The lowest BCUT2D eigenvalue weighted by atomic mass is 10.5. The Morgan fingerprint density at radius 3 is 1.62 bits per heavy atom. The molecule has 16 heavy (non-hydrogen) atoms. The maximum atomic E-state index is 5.80. The molecule has 0 aliphatic rings. The van der Waals surface area contributed by atoms with Crippen LogP contribution in [-0.4, -0.2) is 30.0 Å². The fourth-order valence-electron chi connectivity index (χ4n) is 1.02. The quantitative estimate of drug-likeness (QED) is 0.456. The van der Waals surface area contributed by atoms with Gasteiger partial charge in [-0.2, -0.15) is 0 Å². The minimum atomic E-state index is -1.02. The summed E-state index contributed by atoms with van der Waals surface area (Å²) >= 11 is 0. The third-order valence-corrected chi connectivity index (χ3v) is 3.51. The van der Waals surface area contributed by atoms with Gasteiger partial charge in [0.25, 0.3) is 8.53 Å². The van der Waals surface area contributed by atoms with E-state index < -0.39 is 8.53 Å². The highest BCUT2D eigenvalue weighted by molar-refractivity contribution is 7.44. The van der Waals surface area contributed by atoms with Crippen LogP contribution in [0.3, 0.4) is 0 Å². The molecule has 0 aliphatic heterocycles. The van der Waals surface area contributed by atoms with Gasteiger partial charge in [0.1, 0.15) is 0 Å². The first-order valence-electron chi connectivity index (χ1n) is 5.61. The van der Waals surface area contributed by atoms with Gasteiger partial charge < -0.3 is 9.05 Å². The Kier molecular flexibility index (Phi) is 8.77. The van der Waals surface area contributed by atoms with Crippen molar-refractivity contribution in [3.05, 3.63) is 25.3 Å². The van der Waals surface area contributed by atoms with Gasteiger partial charge in [-0.25, -0.2) is 4.67 Å². The van der Waals surface area contributed by atoms with Crippen molar-refractivity contribution < 1.29 is 9.05 Å². The minimum Gasteiger partial charge on any atom is -0.319 e. The summed E-state index contributed by atoms with van der Waals surface area (Å²) in [5.41, 5.74) is 0. The molecule has 0 unspecified atom stereocenters. The zero-order valence-corrected chi connectivity index (χ0v) is 11.7. The molecule has 3 nitrogen and oxygen atoms in total. The summed E-state index contributed by atoms with van der Waals surface area (Å²) in [5.74, 6) is 0. The monoisotopic (exact) mass is 245 g/mol. The molecule has 0 bridgehead atoms. The van der Waals surface area contributed by atoms with Crippen molar-refractivity contribution in [2.75, 3.05) is 13.1 Å². The average Bonchev–Trinajstić information content (AvgIpc) is 2.15. The van der Waals surface area contributed by atoms with E-state index in [2.05, 4.69) is 17.8 Å². The molecule has 0 aromatic rings. The molecule has 0 aromatic heterocycles. The van der Waals surface area contributed by atoms with E-state index in [1.807, 2.05) is 39.8 Å². The summed E-state index contributed by atoms with van der Waals surface area (Å²) in [4.78, 5) is 0. The summed E-state index contributed by atoms with van der Waals surface area (Å²) in [5, 5.41) is 0. The standard InChI is InChI=1S/C12H24NO2P/c1-7-9-13(10-8-2)16(14-11(3)4)15-12(5)6/h7-8,11-12H,1-2,9-10H2,3-6H3. The Labute approximate surface area is 101 Å². The zero-order chi connectivity index (χ0) is 12.6. The molecular weight excluding hydrogens is 221 g/mol. The number of hydrogen-bond acceptors (Lipinski definition) is 3. The lowest BCUT2D eigenvalue weighted by molar-refractivity contribution is 0.149. The van der Waals surface area contributed by atoms with Gasteiger partial charge in [-0.15, -0.1) is 13.2 Å². The Morgan fingerprint density at radius 1 is 1.00 bits per heavy atom. The van der Waals surface area contributed by atoms with Gasteiger partial charge in [-0.3, -0.25) is 0 Å². The molecular formula is C12H24NO2P. The maximum Gasteiger partial charge on any atom is 0.259 e. The SMILES string of the molecule is C=CCN(CC=C)P(OC(C)C)OC(C)C. The van der Waals surface area contributed by atoms with Crippen LogP contribution < -0.4 is 0 Å². The molecule has 0 amide bonds. The van der Waals surface area contributed by atoms with E-state index in [1.165, 1.54) is 0 Å². The van der Waals surface area contributed by atoms with Crippen molar-refractivity contribution in [3.63, 3.8) is 0 Å². The summed E-state index contributed by atoms with van der Waals surface area (Å²) < 4.78 is 13.7. The van der Waals surface area contributed by atoms with Gasteiger partial charge in [0.15, 0.2) is 0 Å².